The predicted octanol–water partition coefficient (Wildman–Crippen LogP) is 1.75. The molecule has 8 nitrogen and oxygen atoms in total. The van der Waals surface area contributed by atoms with Crippen LogP contribution in [0.3, 0.4) is 0 Å². The second-order valence-electron chi connectivity index (χ2n) is 3.91. The first-order chi connectivity index (χ1) is 9.95. The fraction of sp³-hybridized carbons (Fsp3) is 0.167. The van der Waals surface area contributed by atoms with Gasteiger partial charge in [-0.05, 0) is 18.2 Å². The molecule has 0 fully saturated rings. The van der Waals surface area contributed by atoms with Crippen molar-refractivity contribution in [2.24, 2.45) is 0 Å². The van der Waals surface area contributed by atoms with Gasteiger partial charge >= 0.3 is 12.0 Å². The molecule has 2 rings (SSSR count). The average molecular weight is 312 g/mol. The fourth-order valence-electron chi connectivity index (χ4n) is 1.44. The zero-order valence-corrected chi connectivity index (χ0v) is 11.5. The third-order valence-corrected chi connectivity index (χ3v) is 2.54. The van der Waals surface area contributed by atoms with Crippen LogP contribution in [0.2, 0.25) is 5.02 Å². The Morgan fingerprint density at radius 2 is 2.19 bits per heavy atom. The number of ether oxygens (including phenoxy) is 1. The highest BCUT2D eigenvalue weighted by atomic mass is 35.5. The van der Waals surface area contributed by atoms with Crippen LogP contribution in [0, 0.1) is 6.92 Å². The monoisotopic (exact) mass is 311 g/mol. The number of anilines is 1. The summed E-state index contributed by atoms with van der Waals surface area (Å²) < 4.78 is 10.1. The lowest BCUT2D eigenvalue weighted by atomic mass is 10.2. The van der Waals surface area contributed by atoms with E-state index in [0.717, 1.165) is 0 Å². The third kappa shape index (κ3) is 3.93. The zero-order chi connectivity index (χ0) is 15.4. The molecule has 1 aromatic carbocycles. The molecule has 0 aliphatic rings. The Balaban J connectivity index is 1.99. The number of aryl methyl sites for hydroxylation is 1. The van der Waals surface area contributed by atoms with Gasteiger partial charge in [-0.3, -0.25) is 10.1 Å². The Morgan fingerprint density at radius 1 is 1.43 bits per heavy atom. The molecule has 21 heavy (non-hydrogen) atoms. The van der Waals surface area contributed by atoms with E-state index in [-0.39, 0.29) is 22.4 Å². The van der Waals surface area contributed by atoms with Gasteiger partial charge in [-0.15, -0.1) is 5.10 Å². The van der Waals surface area contributed by atoms with Crippen LogP contribution in [0.25, 0.3) is 0 Å². The first-order valence-electron chi connectivity index (χ1n) is 5.71. The zero-order valence-electron chi connectivity index (χ0n) is 10.8. The Morgan fingerprint density at radius 3 is 2.81 bits per heavy atom. The van der Waals surface area contributed by atoms with Crippen molar-refractivity contribution in [1.29, 1.82) is 0 Å². The maximum atomic E-state index is 11.6. The normalized spacial score (nSPS) is 10.2. The summed E-state index contributed by atoms with van der Waals surface area (Å²) >= 11 is 5.71. The van der Waals surface area contributed by atoms with Gasteiger partial charge < -0.3 is 14.3 Å². The molecule has 1 amide bonds. The van der Waals surface area contributed by atoms with Crippen molar-refractivity contribution in [2.45, 2.75) is 6.92 Å². The lowest BCUT2D eigenvalue weighted by Gasteiger charge is -2.08. The van der Waals surface area contributed by atoms with E-state index in [1.54, 1.807) is 6.92 Å². The molecule has 0 aliphatic heterocycles. The lowest BCUT2D eigenvalue weighted by Crippen LogP contribution is -2.21. The van der Waals surface area contributed by atoms with Gasteiger partial charge in [0.2, 0.25) is 5.89 Å². The molecular weight excluding hydrogens is 302 g/mol. The van der Waals surface area contributed by atoms with Crippen molar-refractivity contribution in [1.82, 2.24) is 10.2 Å². The number of hydrogen-bond donors (Lipinski definition) is 2. The van der Waals surface area contributed by atoms with Crippen LogP contribution in [0.5, 0.6) is 5.75 Å². The van der Waals surface area contributed by atoms with Crippen LogP contribution in [0.4, 0.5) is 6.01 Å². The number of aromatic carboxylic acids is 1. The van der Waals surface area contributed by atoms with Crippen LogP contribution in [0.15, 0.2) is 22.6 Å². The molecule has 9 heteroatoms. The first kappa shape index (κ1) is 14.8. The Kier molecular flexibility index (Phi) is 4.39. The van der Waals surface area contributed by atoms with Gasteiger partial charge in [0.1, 0.15) is 11.3 Å². The smallest absolute Gasteiger partial charge is 0.339 e. The maximum Gasteiger partial charge on any atom is 0.339 e. The Hall–Kier alpha value is -2.61. The van der Waals surface area contributed by atoms with Gasteiger partial charge in [0.05, 0.1) is 0 Å². The van der Waals surface area contributed by atoms with Crippen LogP contribution in [0.1, 0.15) is 16.2 Å². The summed E-state index contributed by atoms with van der Waals surface area (Å²) in [6, 6.07) is 4.01. The van der Waals surface area contributed by atoms with Gasteiger partial charge in [0, 0.05) is 11.9 Å². The minimum atomic E-state index is -1.21. The minimum Gasteiger partial charge on any atom is -0.483 e. The van der Waals surface area contributed by atoms with Crippen LogP contribution < -0.4 is 10.1 Å². The van der Waals surface area contributed by atoms with Gasteiger partial charge in [-0.25, -0.2) is 4.79 Å². The minimum absolute atomic E-state index is 0.0313. The van der Waals surface area contributed by atoms with Crippen molar-refractivity contribution in [2.75, 3.05) is 11.9 Å². The standard InChI is InChI=1S/C12H10ClN3O5/c1-6-15-16-12(21-6)14-10(17)5-20-9-3-2-7(13)4-8(9)11(18)19/h2-4H,5H2,1H3,(H,18,19)(H,14,16,17). The summed E-state index contributed by atoms with van der Waals surface area (Å²) in [4.78, 5) is 22.6. The second-order valence-corrected chi connectivity index (χ2v) is 4.35. The topological polar surface area (TPSA) is 115 Å². The van der Waals surface area contributed by atoms with Crippen molar-refractivity contribution >= 4 is 29.5 Å². The highest BCUT2D eigenvalue weighted by Crippen LogP contribution is 2.22. The van der Waals surface area contributed by atoms with Crippen molar-refractivity contribution < 1.29 is 23.8 Å². The molecule has 0 aliphatic carbocycles. The number of hydrogen-bond acceptors (Lipinski definition) is 6. The molecule has 0 saturated carbocycles. The molecule has 0 atom stereocenters. The number of benzene rings is 1. The number of amides is 1. The SMILES string of the molecule is Cc1nnc(NC(=O)COc2ccc(Cl)cc2C(=O)O)o1. The summed E-state index contributed by atoms with van der Waals surface area (Å²) in [5.41, 5.74) is -0.135. The molecule has 2 aromatic rings. The van der Waals surface area contributed by atoms with E-state index in [1.807, 2.05) is 0 Å². The molecular formula is C12H10ClN3O5. The van der Waals surface area contributed by atoms with E-state index in [2.05, 4.69) is 15.5 Å². The quantitative estimate of drug-likeness (QED) is 0.864. The number of halogens is 1. The van der Waals surface area contributed by atoms with E-state index in [1.165, 1.54) is 18.2 Å². The van der Waals surface area contributed by atoms with Gasteiger partial charge in [-0.1, -0.05) is 16.7 Å². The molecule has 2 N–H and O–H groups in total. The number of rotatable bonds is 5. The average Bonchev–Trinajstić information content (AvgIpc) is 2.82. The molecule has 110 valence electrons. The van der Waals surface area contributed by atoms with Crippen molar-refractivity contribution in [3.05, 3.63) is 34.7 Å². The number of carboxylic acid groups (broad SMARTS) is 1. The largest absolute Gasteiger partial charge is 0.483 e. The molecule has 0 spiro atoms. The van der Waals surface area contributed by atoms with Crippen molar-refractivity contribution in [3.63, 3.8) is 0 Å². The Bertz CT molecular complexity index is 685. The highest BCUT2D eigenvalue weighted by molar-refractivity contribution is 6.31. The number of nitrogens with zero attached hydrogens (tertiary/aromatic N) is 2. The maximum absolute atomic E-state index is 11.6. The summed E-state index contributed by atoms with van der Waals surface area (Å²) in [6.45, 7) is 1.16. The number of nitrogens with one attached hydrogen (secondary N) is 1. The number of carbonyl (C=O) groups excluding carboxylic acids is 1. The van der Waals surface area contributed by atoms with E-state index in [4.69, 9.17) is 25.9 Å². The van der Waals surface area contributed by atoms with Crippen LogP contribution >= 0.6 is 11.6 Å². The summed E-state index contributed by atoms with van der Waals surface area (Å²) in [5.74, 6) is -1.44. The summed E-state index contributed by atoms with van der Waals surface area (Å²) in [5, 5.41) is 18.7. The predicted molar refractivity (Wildman–Crippen MR) is 71.6 cm³/mol. The highest BCUT2D eigenvalue weighted by Gasteiger charge is 2.14. The molecule has 0 bridgehead atoms. The molecule has 0 radical (unpaired) electrons. The lowest BCUT2D eigenvalue weighted by molar-refractivity contribution is -0.118. The summed E-state index contributed by atoms with van der Waals surface area (Å²) in [7, 11) is 0. The molecule has 0 saturated heterocycles. The van der Waals surface area contributed by atoms with Gasteiger partial charge in [-0.2, -0.15) is 0 Å². The Labute approximate surface area is 123 Å². The number of carboxylic acids is 1. The van der Waals surface area contributed by atoms with Gasteiger partial charge in [0.15, 0.2) is 6.61 Å². The van der Waals surface area contributed by atoms with Crippen LogP contribution in [-0.4, -0.2) is 33.8 Å². The third-order valence-electron chi connectivity index (χ3n) is 2.30. The number of aromatic nitrogens is 2. The molecule has 0 unspecified atom stereocenters. The van der Waals surface area contributed by atoms with Crippen molar-refractivity contribution in [3.8, 4) is 5.75 Å². The van der Waals surface area contributed by atoms with E-state index >= 15 is 0 Å². The van der Waals surface area contributed by atoms with Crippen LogP contribution in [-0.2, 0) is 4.79 Å². The summed E-state index contributed by atoms with van der Waals surface area (Å²) in [6.07, 6.45) is 0. The second kappa shape index (κ2) is 6.23. The van der Waals surface area contributed by atoms with E-state index < -0.39 is 18.5 Å². The van der Waals surface area contributed by atoms with E-state index in [0.29, 0.717) is 5.89 Å². The fourth-order valence-corrected chi connectivity index (χ4v) is 1.61. The first-order valence-corrected chi connectivity index (χ1v) is 6.09. The molecule has 1 heterocycles. The number of carbonyl (C=O) groups is 2. The van der Waals surface area contributed by atoms with E-state index in [9.17, 15) is 9.59 Å². The molecule has 1 aromatic heterocycles. The van der Waals surface area contributed by atoms with Gasteiger partial charge in [0.25, 0.3) is 5.91 Å².